The summed E-state index contributed by atoms with van der Waals surface area (Å²) in [6, 6.07) is 6.23. The van der Waals surface area contributed by atoms with E-state index in [1.807, 2.05) is 24.7 Å². The zero-order valence-corrected chi connectivity index (χ0v) is 10.8. The van der Waals surface area contributed by atoms with E-state index < -0.39 is 0 Å². The molecule has 5 heteroatoms. The summed E-state index contributed by atoms with van der Waals surface area (Å²) >= 11 is 1.80. The highest BCUT2D eigenvalue weighted by Crippen LogP contribution is 2.35. The van der Waals surface area contributed by atoms with Crippen LogP contribution in [0.25, 0.3) is 26.4 Å². The quantitative estimate of drug-likeness (QED) is 0.402. The van der Waals surface area contributed by atoms with Crippen LogP contribution >= 0.6 is 11.3 Å². The third-order valence-corrected chi connectivity index (χ3v) is 4.80. The molecule has 0 saturated carbocycles. The molecule has 4 aromatic heterocycles. The number of hydrogen-bond donors (Lipinski definition) is 0. The van der Waals surface area contributed by atoms with E-state index in [2.05, 4.69) is 37.4 Å². The first-order valence-corrected chi connectivity index (χ1v) is 6.95. The van der Waals surface area contributed by atoms with E-state index in [-0.39, 0.29) is 0 Å². The Hall–Kier alpha value is -2.27. The van der Waals surface area contributed by atoms with Crippen molar-refractivity contribution in [1.29, 1.82) is 0 Å². The number of hydrogen-bond acceptors (Lipinski definition) is 3. The summed E-state index contributed by atoms with van der Waals surface area (Å²) in [5.41, 5.74) is 4.82. The van der Waals surface area contributed by atoms with E-state index in [9.17, 15) is 0 Å². The SMILES string of the molecule is c1cnc2c(c1)C[n+]1cn3c(sc4ccncc43)c1-2. The van der Waals surface area contributed by atoms with Crippen molar-refractivity contribution in [2.24, 2.45) is 0 Å². The fourth-order valence-electron chi connectivity index (χ4n) is 2.82. The van der Waals surface area contributed by atoms with Gasteiger partial charge in [-0.2, -0.15) is 4.40 Å². The second-order valence-electron chi connectivity index (χ2n) is 4.72. The Labute approximate surface area is 112 Å². The Morgan fingerprint density at radius 2 is 2.26 bits per heavy atom. The van der Waals surface area contributed by atoms with Gasteiger partial charge in [-0.25, -0.2) is 4.57 Å². The van der Waals surface area contributed by atoms with E-state index in [0.717, 1.165) is 12.2 Å². The van der Waals surface area contributed by atoms with E-state index in [0.29, 0.717) is 0 Å². The van der Waals surface area contributed by atoms with Crippen LogP contribution in [-0.4, -0.2) is 14.4 Å². The smallest absolute Gasteiger partial charge is 0.251 e. The fourth-order valence-corrected chi connectivity index (χ4v) is 3.97. The highest BCUT2D eigenvalue weighted by atomic mass is 32.1. The first-order valence-electron chi connectivity index (χ1n) is 6.13. The highest BCUT2D eigenvalue weighted by molar-refractivity contribution is 7.24. The van der Waals surface area contributed by atoms with E-state index in [4.69, 9.17) is 0 Å². The second-order valence-corrected chi connectivity index (χ2v) is 5.75. The lowest BCUT2D eigenvalue weighted by Crippen LogP contribution is -2.29. The lowest BCUT2D eigenvalue weighted by molar-refractivity contribution is -0.671. The molecular formula is C14H9N4S+. The van der Waals surface area contributed by atoms with Crippen molar-refractivity contribution < 1.29 is 4.57 Å². The van der Waals surface area contributed by atoms with Gasteiger partial charge in [0.2, 0.25) is 10.5 Å². The number of rotatable bonds is 0. The molecule has 0 unspecified atom stereocenters. The lowest BCUT2D eigenvalue weighted by atomic mass is 10.2. The first kappa shape index (κ1) is 9.63. The monoisotopic (exact) mass is 265 g/mol. The summed E-state index contributed by atoms with van der Waals surface area (Å²) in [6.45, 7) is 0.911. The van der Waals surface area contributed by atoms with E-state index in [1.54, 1.807) is 11.3 Å². The molecule has 5 heterocycles. The van der Waals surface area contributed by atoms with Gasteiger partial charge >= 0.3 is 0 Å². The molecule has 0 atom stereocenters. The third-order valence-electron chi connectivity index (χ3n) is 3.65. The minimum atomic E-state index is 0.911. The molecular weight excluding hydrogens is 256 g/mol. The Morgan fingerprint density at radius 3 is 3.26 bits per heavy atom. The number of aromatic nitrogens is 4. The Balaban J connectivity index is 1.97. The van der Waals surface area contributed by atoms with Gasteiger partial charge in [0.15, 0.2) is 5.52 Å². The molecule has 0 N–H and O–H groups in total. The normalized spacial score (nSPS) is 13.1. The Kier molecular flexibility index (Phi) is 1.62. The van der Waals surface area contributed by atoms with E-state index >= 15 is 0 Å². The largest absolute Gasteiger partial charge is 0.260 e. The topological polar surface area (TPSA) is 34.1 Å². The zero-order valence-electron chi connectivity index (χ0n) is 9.95. The first-order chi connectivity index (χ1) is 9.42. The van der Waals surface area contributed by atoms with Crippen LogP contribution in [0.5, 0.6) is 0 Å². The van der Waals surface area contributed by atoms with Crippen molar-refractivity contribution in [2.45, 2.75) is 6.54 Å². The van der Waals surface area contributed by atoms with Crippen LogP contribution < -0.4 is 4.57 Å². The standard InChI is InChI=1S/C14H9N4S/c1-2-9-7-17-8-18-10-6-15-5-3-11(10)19-14(18)13(17)12(9)16-4-1/h1-6,8H,7H2/q+1. The second kappa shape index (κ2) is 3.19. The predicted molar refractivity (Wildman–Crippen MR) is 73.1 cm³/mol. The van der Waals surface area contributed by atoms with Crippen LogP contribution in [0.15, 0.2) is 43.1 Å². The summed E-state index contributed by atoms with van der Waals surface area (Å²) < 4.78 is 5.76. The molecule has 0 fully saturated rings. The molecule has 0 amide bonds. The molecule has 0 spiro atoms. The molecule has 0 aliphatic carbocycles. The van der Waals surface area contributed by atoms with Gasteiger partial charge in [0.05, 0.1) is 10.9 Å². The summed E-state index contributed by atoms with van der Waals surface area (Å²) in [7, 11) is 0. The van der Waals surface area contributed by atoms with Crippen molar-refractivity contribution in [3.05, 3.63) is 48.7 Å². The fraction of sp³-hybridized carbons (Fsp3) is 0.0714. The zero-order chi connectivity index (χ0) is 12.4. The van der Waals surface area contributed by atoms with Crippen molar-refractivity contribution in [3.63, 3.8) is 0 Å². The maximum absolute atomic E-state index is 4.55. The van der Waals surface area contributed by atoms with Crippen molar-refractivity contribution >= 4 is 26.4 Å². The number of thiazole rings is 1. The molecule has 5 rings (SSSR count). The molecule has 1 aliphatic heterocycles. The van der Waals surface area contributed by atoms with Gasteiger partial charge < -0.3 is 0 Å². The average molecular weight is 265 g/mol. The van der Waals surface area contributed by atoms with Crippen molar-refractivity contribution in [3.8, 4) is 11.4 Å². The lowest BCUT2D eigenvalue weighted by Gasteiger charge is -1.91. The van der Waals surface area contributed by atoms with Gasteiger partial charge in [-0.3, -0.25) is 9.97 Å². The minimum Gasteiger partial charge on any atom is -0.260 e. The van der Waals surface area contributed by atoms with Gasteiger partial charge in [-0.05, 0) is 12.1 Å². The van der Waals surface area contributed by atoms with Gasteiger partial charge in [-0.15, -0.1) is 0 Å². The molecule has 90 valence electrons. The van der Waals surface area contributed by atoms with Gasteiger partial charge in [0, 0.05) is 18.0 Å². The molecule has 19 heavy (non-hydrogen) atoms. The molecule has 0 saturated heterocycles. The van der Waals surface area contributed by atoms with Crippen LogP contribution in [0.3, 0.4) is 0 Å². The van der Waals surface area contributed by atoms with Crippen molar-refractivity contribution in [2.75, 3.05) is 0 Å². The molecule has 0 aromatic carbocycles. The van der Waals surface area contributed by atoms with Crippen LogP contribution in [-0.2, 0) is 6.54 Å². The molecule has 0 radical (unpaired) electrons. The maximum atomic E-state index is 4.55. The van der Waals surface area contributed by atoms with Crippen molar-refractivity contribution in [1.82, 2.24) is 14.4 Å². The van der Waals surface area contributed by atoms with Crippen LogP contribution in [0.4, 0.5) is 0 Å². The predicted octanol–water partition coefficient (Wildman–Crippen LogP) is 2.26. The van der Waals surface area contributed by atoms with Gasteiger partial charge in [-0.1, -0.05) is 17.4 Å². The molecule has 4 nitrogen and oxygen atoms in total. The molecule has 0 bridgehead atoms. The van der Waals surface area contributed by atoms with Crippen LogP contribution in [0, 0.1) is 0 Å². The van der Waals surface area contributed by atoms with Crippen LogP contribution in [0.1, 0.15) is 5.56 Å². The number of imidazole rings is 1. The Bertz CT molecular complexity index is 951. The molecule has 1 aliphatic rings. The summed E-state index contributed by atoms with van der Waals surface area (Å²) in [5.74, 6) is 0. The van der Waals surface area contributed by atoms with Gasteiger partial charge in [0.1, 0.15) is 12.2 Å². The summed E-state index contributed by atoms with van der Waals surface area (Å²) in [5, 5.41) is 0. The highest BCUT2D eigenvalue weighted by Gasteiger charge is 2.31. The summed E-state index contributed by atoms with van der Waals surface area (Å²) in [6.07, 6.45) is 7.80. The number of nitrogens with zero attached hydrogens (tertiary/aromatic N) is 4. The average Bonchev–Trinajstić information content (AvgIpc) is 3.05. The maximum Gasteiger partial charge on any atom is 0.251 e. The molecule has 4 aromatic rings. The summed E-state index contributed by atoms with van der Waals surface area (Å²) in [4.78, 5) is 10.0. The van der Waals surface area contributed by atoms with Gasteiger partial charge in [0.25, 0.3) is 6.33 Å². The Morgan fingerprint density at radius 1 is 1.26 bits per heavy atom. The minimum absolute atomic E-state index is 0.911. The number of fused-ring (bicyclic) bond motifs is 7. The number of pyridine rings is 2. The van der Waals surface area contributed by atoms with E-state index in [1.165, 1.54) is 26.3 Å². The third kappa shape index (κ3) is 1.11. The van der Waals surface area contributed by atoms with Crippen LogP contribution in [0.2, 0.25) is 0 Å².